The SMILES string of the molecule is [B]c1ccc(-c2ccc(I)cc2)cc1. The highest BCUT2D eigenvalue weighted by Crippen LogP contribution is 2.19. The van der Waals surface area contributed by atoms with Crippen molar-refractivity contribution in [3.05, 3.63) is 52.1 Å². The average Bonchev–Trinajstić information content (AvgIpc) is 2.21. The van der Waals surface area contributed by atoms with Gasteiger partial charge in [0.1, 0.15) is 7.85 Å². The normalized spacial score (nSPS) is 10.1. The first-order chi connectivity index (χ1) is 6.75. The Bertz CT molecular complexity index is 374. The van der Waals surface area contributed by atoms with Crippen molar-refractivity contribution in [2.24, 2.45) is 0 Å². The maximum absolute atomic E-state index is 5.63. The minimum atomic E-state index is 0.805. The molecule has 0 aliphatic rings. The molecular formula is C12H8BI. The Balaban J connectivity index is 2.40. The van der Waals surface area contributed by atoms with Crippen molar-refractivity contribution < 1.29 is 0 Å². The molecule has 0 heterocycles. The molecule has 0 spiro atoms. The van der Waals surface area contributed by atoms with Crippen LogP contribution in [0.1, 0.15) is 0 Å². The lowest BCUT2D eigenvalue weighted by atomic mass is 9.94. The standard InChI is InChI=1S/C12H8BI/c13-11-5-1-9(2-6-11)10-3-7-12(14)8-4-10/h1-8H. The fourth-order valence-corrected chi connectivity index (χ4v) is 1.68. The molecule has 0 aromatic heterocycles. The van der Waals surface area contributed by atoms with Crippen molar-refractivity contribution in [3.63, 3.8) is 0 Å². The van der Waals surface area contributed by atoms with E-state index < -0.39 is 0 Å². The second-order valence-electron chi connectivity index (χ2n) is 3.13. The predicted molar refractivity (Wildman–Crippen MR) is 70.0 cm³/mol. The molecule has 0 saturated heterocycles. The van der Waals surface area contributed by atoms with E-state index in [1.165, 1.54) is 14.7 Å². The molecular weight excluding hydrogens is 282 g/mol. The van der Waals surface area contributed by atoms with Crippen LogP contribution in [0.15, 0.2) is 48.5 Å². The van der Waals surface area contributed by atoms with Gasteiger partial charge in [0.25, 0.3) is 0 Å². The van der Waals surface area contributed by atoms with Crippen LogP contribution in [-0.4, -0.2) is 7.85 Å². The van der Waals surface area contributed by atoms with E-state index in [2.05, 4.69) is 46.9 Å². The first-order valence-corrected chi connectivity index (χ1v) is 5.45. The molecule has 14 heavy (non-hydrogen) atoms. The molecule has 0 aliphatic carbocycles. The topological polar surface area (TPSA) is 0 Å². The van der Waals surface area contributed by atoms with Crippen LogP contribution >= 0.6 is 22.6 Å². The largest absolute Gasteiger partial charge is 0.113 e. The highest BCUT2D eigenvalue weighted by molar-refractivity contribution is 14.1. The van der Waals surface area contributed by atoms with E-state index in [1.54, 1.807) is 0 Å². The summed E-state index contributed by atoms with van der Waals surface area (Å²) in [6, 6.07) is 16.4. The lowest BCUT2D eigenvalue weighted by Gasteiger charge is -2.02. The van der Waals surface area contributed by atoms with E-state index in [-0.39, 0.29) is 0 Å². The zero-order valence-electron chi connectivity index (χ0n) is 7.57. The van der Waals surface area contributed by atoms with Crippen LogP contribution in [-0.2, 0) is 0 Å². The number of rotatable bonds is 1. The molecule has 0 N–H and O–H groups in total. The molecule has 2 radical (unpaired) electrons. The van der Waals surface area contributed by atoms with Gasteiger partial charge in [0.05, 0.1) is 0 Å². The molecule has 0 atom stereocenters. The molecule has 2 aromatic rings. The maximum atomic E-state index is 5.63. The van der Waals surface area contributed by atoms with Crippen LogP contribution < -0.4 is 5.46 Å². The molecule has 0 saturated carbocycles. The monoisotopic (exact) mass is 290 g/mol. The smallest absolute Gasteiger partial charge is 0.0966 e. The third kappa shape index (κ3) is 2.18. The molecule has 2 rings (SSSR count). The Morgan fingerprint density at radius 3 is 1.64 bits per heavy atom. The molecule has 0 aliphatic heterocycles. The Labute approximate surface area is 98.9 Å². The number of benzene rings is 2. The summed E-state index contributed by atoms with van der Waals surface area (Å²) in [5.74, 6) is 0. The van der Waals surface area contributed by atoms with Crippen LogP contribution in [0.5, 0.6) is 0 Å². The van der Waals surface area contributed by atoms with Crippen LogP contribution in [0.25, 0.3) is 11.1 Å². The highest BCUT2D eigenvalue weighted by Gasteiger charge is 1.95. The summed E-state index contributed by atoms with van der Waals surface area (Å²) in [7, 11) is 5.63. The predicted octanol–water partition coefficient (Wildman–Crippen LogP) is 2.75. The van der Waals surface area contributed by atoms with Gasteiger partial charge in [-0.15, -0.1) is 0 Å². The van der Waals surface area contributed by atoms with Crippen molar-refractivity contribution in [3.8, 4) is 11.1 Å². The van der Waals surface area contributed by atoms with Crippen molar-refractivity contribution >= 4 is 35.9 Å². The van der Waals surface area contributed by atoms with Crippen molar-refractivity contribution in [1.29, 1.82) is 0 Å². The number of hydrogen-bond donors (Lipinski definition) is 0. The van der Waals surface area contributed by atoms with E-state index in [9.17, 15) is 0 Å². The first kappa shape index (κ1) is 9.78. The summed E-state index contributed by atoms with van der Waals surface area (Å²) in [5.41, 5.74) is 3.24. The summed E-state index contributed by atoms with van der Waals surface area (Å²) in [6.07, 6.45) is 0. The zero-order chi connectivity index (χ0) is 9.97. The van der Waals surface area contributed by atoms with Crippen molar-refractivity contribution in [2.75, 3.05) is 0 Å². The summed E-state index contributed by atoms with van der Waals surface area (Å²) in [4.78, 5) is 0. The molecule has 0 bridgehead atoms. The summed E-state index contributed by atoms with van der Waals surface area (Å²) < 4.78 is 1.25. The molecule has 2 heteroatoms. The van der Waals surface area contributed by atoms with Gasteiger partial charge < -0.3 is 0 Å². The number of hydrogen-bond acceptors (Lipinski definition) is 0. The first-order valence-electron chi connectivity index (χ1n) is 4.37. The van der Waals surface area contributed by atoms with Gasteiger partial charge in [0, 0.05) is 3.57 Å². The molecule has 0 nitrogen and oxygen atoms in total. The van der Waals surface area contributed by atoms with Gasteiger partial charge in [-0.3, -0.25) is 0 Å². The zero-order valence-corrected chi connectivity index (χ0v) is 9.73. The molecule has 0 fully saturated rings. The Hall–Kier alpha value is -0.765. The molecule has 0 amide bonds. The minimum Gasteiger partial charge on any atom is -0.0966 e. The van der Waals surface area contributed by atoms with Gasteiger partial charge in [-0.2, -0.15) is 0 Å². The fraction of sp³-hybridized carbons (Fsp3) is 0. The van der Waals surface area contributed by atoms with E-state index in [1.807, 2.05) is 24.3 Å². The van der Waals surface area contributed by atoms with Crippen molar-refractivity contribution in [1.82, 2.24) is 0 Å². The van der Waals surface area contributed by atoms with Gasteiger partial charge in [-0.25, -0.2) is 0 Å². The van der Waals surface area contributed by atoms with Crippen LogP contribution in [0.2, 0.25) is 0 Å². The van der Waals surface area contributed by atoms with Crippen LogP contribution in [0.4, 0.5) is 0 Å². The summed E-state index contributed by atoms with van der Waals surface area (Å²) in [6.45, 7) is 0. The van der Waals surface area contributed by atoms with E-state index >= 15 is 0 Å². The molecule has 0 unspecified atom stereocenters. The lowest BCUT2D eigenvalue weighted by molar-refractivity contribution is 1.60. The lowest BCUT2D eigenvalue weighted by Crippen LogP contribution is -1.99. The second-order valence-corrected chi connectivity index (χ2v) is 4.37. The Kier molecular flexibility index (Phi) is 2.92. The highest BCUT2D eigenvalue weighted by atomic mass is 127. The average molecular weight is 290 g/mol. The second kappa shape index (κ2) is 4.17. The minimum absolute atomic E-state index is 0.805. The third-order valence-corrected chi connectivity index (χ3v) is 2.81. The number of halogens is 1. The fourth-order valence-electron chi connectivity index (χ4n) is 1.32. The molecule has 2 aromatic carbocycles. The Morgan fingerprint density at radius 1 is 0.714 bits per heavy atom. The quantitative estimate of drug-likeness (QED) is 0.559. The van der Waals surface area contributed by atoms with Gasteiger partial charge in [-0.1, -0.05) is 41.9 Å². The summed E-state index contributed by atoms with van der Waals surface area (Å²) in [5, 5.41) is 0. The maximum Gasteiger partial charge on any atom is 0.113 e. The van der Waals surface area contributed by atoms with Gasteiger partial charge in [-0.05, 0) is 45.9 Å². The Morgan fingerprint density at radius 2 is 1.14 bits per heavy atom. The van der Waals surface area contributed by atoms with Crippen LogP contribution in [0, 0.1) is 3.57 Å². The summed E-state index contributed by atoms with van der Waals surface area (Å²) >= 11 is 2.30. The van der Waals surface area contributed by atoms with E-state index in [0.29, 0.717) is 0 Å². The van der Waals surface area contributed by atoms with Gasteiger partial charge in [0.15, 0.2) is 0 Å². The van der Waals surface area contributed by atoms with Crippen LogP contribution in [0.3, 0.4) is 0 Å². The van der Waals surface area contributed by atoms with E-state index in [0.717, 1.165) is 5.46 Å². The molecule has 66 valence electrons. The third-order valence-electron chi connectivity index (χ3n) is 2.09. The van der Waals surface area contributed by atoms with Crippen molar-refractivity contribution in [2.45, 2.75) is 0 Å². The van der Waals surface area contributed by atoms with Gasteiger partial charge >= 0.3 is 0 Å². The van der Waals surface area contributed by atoms with Gasteiger partial charge in [0.2, 0.25) is 0 Å². The van der Waals surface area contributed by atoms with E-state index in [4.69, 9.17) is 7.85 Å².